The van der Waals surface area contributed by atoms with E-state index in [1.807, 2.05) is 65.6 Å². The molecule has 2 aromatic carbocycles. The Morgan fingerprint density at radius 1 is 0.875 bits per heavy atom. The summed E-state index contributed by atoms with van der Waals surface area (Å²) < 4.78 is 5.20. The largest absolute Gasteiger partial charge is 0.497 e. The van der Waals surface area contributed by atoms with E-state index >= 15 is 0 Å². The number of anilines is 1. The Labute approximate surface area is 185 Å². The summed E-state index contributed by atoms with van der Waals surface area (Å²) in [6.07, 6.45) is 1.56. The molecule has 2 aromatic heterocycles. The van der Waals surface area contributed by atoms with Crippen molar-refractivity contribution in [1.82, 2.24) is 25.1 Å². The average molecular weight is 426 g/mol. The monoisotopic (exact) mass is 426 g/mol. The van der Waals surface area contributed by atoms with E-state index in [-0.39, 0.29) is 5.91 Å². The number of fused-ring (bicyclic) bond motifs is 1. The van der Waals surface area contributed by atoms with Crippen LogP contribution in [0.15, 0.2) is 66.9 Å². The highest BCUT2D eigenvalue weighted by Gasteiger charge is 2.24. The maximum absolute atomic E-state index is 12.9. The standard InChI is InChI=1S/C24H22N6O2/c1-32-18-8-6-17(7-9-18)19-10-11-23(28-27-19)29-12-14-30(15-13-29)24(31)22-16-25-20-4-2-3-5-21(20)26-22/h2-11,16H,12-15H2,1H3. The maximum Gasteiger partial charge on any atom is 0.274 e. The fraction of sp³-hybridized carbons (Fsp3) is 0.208. The number of nitrogens with zero attached hydrogens (tertiary/aromatic N) is 6. The highest BCUT2D eigenvalue weighted by Crippen LogP contribution is 2.22. The van der Waals surface area contributed by atoms with Crippen LogP contribution in [0.4, 0.5) is 5.82 Å². The molecule has 0 bridgehead atoms. The first-order valence-corrected chi connectivity index (χ1v) is 10.5. The van der Waals surface area contributed by atoms with Gasteiger partial charge in [0.2, 0.25) is 0 Å². The van der Waals surface area contributed by atoms with E-state index in [2.05, 4.69) is 25.1 Å². The lowest BCUT2D eigenvalue weighted by Crippen LogP contribution is -2.49. The van der Waals surface area contributed by atoms with Crippen molar-refractivity contribution in [3.05, 3.63) is 72.6 Å². The summed E-state index contributed by atoms with van der Waals surface area (Å²) in [6, 6.07) is 19.2. The van der Waals surface area contributed by atoms with Crippen LogP contribution in [0.3, 0.4) is 0 Å². The molecule has 0 unspecified atom stereocenters. The molecule has 0 N–H and O–H groups in total. The maximum atomic E-state index is 12.9. The number of aromatic nitrogens is 4. The Kier molecular flexibility index (Phi) is 5.33. The van der Waals surface area contributed by atoms with Gasteiger partial charge in [0.1, 0.15) is 11.4 Å². The second-order valence-corrected chi connectivity index (χ2v) is 7.53. The van der Waals surface area contributed by atoms with Crippen LogP contribution in [0.5, 0.6) is 5.75 Å². The van der Waals surface area contributed by atoms with Gasteiger partial charge in [0.05, 0.1) is 30.0 Å². The normalized spacial score (nSPS) is 13.9. The second-order valence-electron chi connectivity index (χ2n) is 7.53. The summed E-state index contributed by atoms with van der Waals surface area (Å²) in [5, 5.41) is 8.78. The SMILES string of the molecule is COc1ccc(-c2ccc(N3CCN(C(=O)c4cnc5ccccc5n4)CC3)nn2)cc1. The number of amides is 1. The molecule has 1 saturated heterocycles. The molecule has 0 radical (unpaired) electrons. The topological polar surface area (TPSA) is 84.3 Å². The van der Waals surface area contributed by atoms with E-state index in [9.17, 15) is 4.79 Å². The van der Waals surface area contributed by atoms with Crippen molar-refractivity contribution in [1.29, 1.82) is 0 Å². The van der Waals surface area contributed by atoms with Crippen molar-refractivity contribution in [2.75, 3.05) is 38.2 Å². The lowest BCUT2D eigenvalue weighted by molar-refractivity contribution is 0.0740. The zero-order chi connectivity index (χ0) is 21.9. The van der Waals surface area contributed by atoms with Crippen LogP contribution in [-0.2, 0) is 0 Å². The number of hydrogen-bond donors (Lipinski definition) is 0. The molecule has 0 atom stereocenters. The first-order valence-electron chi connectivity index (χ1n) is 10.5. The third-order valence-electron chi connectivity index (χ3n) is 5.59. The molecule has 32 heavy (non-hydrogen) atoms. The molecule has 1 amide bonds. The molecule has 1 fully saturated rings. The van der Waals surface area contributed by atoms with Gasteiger partial charge in [-0.2, -0.15) is 0 Å². The highest BCUT2D eigenvalue weighted by molar-refractivity contribution is 5.94. The highest BCUT2D eigenvalue weighted by atomic mass is 16.5. The minimum Gasteiger partial charge on any atom is -0.497 e. The van der Waals surface area contributed by atoms with Crippen molar-refractivity contribution in [2.45, 2.75) is 0 Å². The number of piperazine rings is 1. The first kappa shape index (κ1) is 19.9. The molecule has 0 saturated carbocycles. The first-order chi connectivity index (χ1) is 15.7. The van der Waals surface area contributed by atoms with E-state index in [4.69, 9.17) is 4.74 Å². The van der Waals surface area contributed by atoms with Crippen molar-refractivity contribution in [2.24, 2.45) is 0 Å². The Balaban J connectivity index is 1.23. The van der Waals surface area contributed by atoms with Crippen LogP contribution >= 0.6 is 0 Å². The lowest BCUT2D eigenvalue weighted by atomic mass is 10.1. The summed E-state index contributed by atoms with van der Waals surface area (Å²) in [5.74, 6) is 1.52. The van der Waals surface area contributed by atoms with E-state index < -0.39 is 0 Å². The summed E-state index contributed by atoms with van der Waals surface area (Å²) in [5.41, 5.74) is 3.67. The molecule has 8 heteroatoms. The van der Waals surface area contributed by atoms with Crippen LogP contribution in [0.2, 0.25) is 0 Å². The lowest BCUT2D eigenvalue weighted by Gasteiger charge is -2.35. The fourth-order valence-corrected chi connectivity index (χ4v) is 3.77. The van der Waals surface area contributed by atoms with E-state index in [0.29, 0.717) is 31.9 Å². The molecule has 1 aliphatic heterocycles. The Morgan fingerprint density at radius 3 is 2.31 bits per heavy atom. The number of carbonyl (C=O) groups is 1. The summed E-state index contributed by atoms with van der Waals surface area (Å²) in [6.45, 7) is 2.55. The molecule has 0 aliphatic carbocycles. The van der Waals surface area contributed by atoms with Gasteiger partial charge in [-0.3, -0.25) is 9.78 Å². The summed E-state index contributed by atoms with van der Waals surface area (Å²) in [7, 11) is 1.64. The van der Waals surface area contributed by atoms with Crippen molar-refractivity contribution >= 4 is 22.8 Å². The molecule has 1 aliphatic rings. The molecule has 4 aromatic rings. The van der Waals surface area contributed by atoms with Crippen LogP contribution in [0.25, 0.3) is 22.3 Å². The van der Waals surface area contributed by atoms with Gasteiger partial charge in [-0.1, -0.05) is 12.1 Å². The molecule has 160 valence electrons. The van der Waals surface area contributed by atoms with Crippen LogP contribution in [-0.4, -0.2) is 64.3 Å². The van der Waals surface area contributed by atoms with E-state index in [1.54, 1.807) is 13.3 Å². The summed E-state index contributed by atoms with van der Waals surface area (Å²) in [4.78, 5) is 25.7. The van der Waals surface area contributed by atoms with E-state index in [0.717, 1.165) is 33.9 Å². The molecular formula is C24H22N6O2. The van der Waals surface area contributed by atoms with Gasteiger partial charge < -0.3 is 14.5 Å². The van der Waals surface area contributed by atoms with Gasteiger partial charge in [0.25, 0.3) is 5.91 Å². The predicted molar refractivity (Wildman–Crippen MR) is 122 cm³/mol. The van der Waals surface area contributed by atoms with Gasteiger partial charge in [-0.05, 0) is 48.5 Å². The quantitative estimate of drug-likeness (QED) is 0.496. The van der Waals surface area contributed by atoms with Gasteiger partial charge in [0.15, 0.2) is 5.82 Å². The number of ether oxygens (including phenoxy) is 1. The van der Waals surface area contributed by atoms with Crippen LogP contribution in [0.1, 0.15) is 10.5 Å². The Bertz CT molecular complexity index is 1240. The van der Waals surface area contributed by atoms with Gasteiger partial charge >= 0.3 is 0 Å². The van der Waals surface area contributed by atoms with Crippen LogP contribution in [0, 0.1) is 0 Å². The summed E-state index contributed by atoms with van der Waals surface area (Å²) >= 11 is 0. The Morgan fingerprint density at radius 2 is 1.62 bits per heavy atom. The number of methoxy groups -OCH3 is 1. The average Bonchev–Trinajstić information content (AvgIpc) is 2.88. The minimum absolute atomic E-state index is 0.0937. The molecule has 0 spiro atoms. The molecule has 5 rings (SSSR count). The Hall–Kier alpha value is -4.07. The fourth-order valence-electron chi connectivity index (χ4n) is 3.77. The number of hydrogen-bond acceptors (Lipinski definition) is 7. The number of carbonyl (C=O) groups excluding carboxylic acids is 1. The van der Waals surface area contributed by atoms with Gasteiger partial charge in [-0.25, -0.2) is 4.98 Å². The molecule has 3 heterocycles. The zero-order valence-corrected chi connectivity index (χ0v) is 17.7. The predicted octanol–water partition coefficient (Wildman–Crippen LogP) is 3.06. The van der Waals surface area contributed by atoms with Gasteiger partial charge in [-0.15, -0.1) is 10.2 Å². The third-order valence-corrected chi connectivity index (χ3v) is 5.59. The van der Waals surface area contributed by atoms with Crippen molar-refractivity contribution in [3.63, 3.8) is 0 Å². The smallest absolute Gasteiger partial charge is 0.274 e. The minimum atomic E-state index is -0.0937. The zero-order valence-electron chi connectivity index (χ0n) is 17.7. The van der Waals surface area contributed by atoms with E-state index in [1.165, 1.54) is 0 Å². The van der Waals surface area contributed by atoms with Crippen molar-refractivity contribution < 1.29 is 9.53 Å². The third kappa shape index (κ3) is 3.94. The molecular weight excluding hydrogens is 404 g/mol. The number of rotatable bonds is 4. The van der Waals surface area contributed by atoms with Crippen LogP contribution < -0.4 is 9.64 Å². The number of benzene rings is 2. The van der Waals surface area contributed by atoms with Crippen molar-refractivity contribution in [3.8, 4) is 17.0 Å². The van der Waals surface area contributed by atoms with Gasteiger partial charge in [0, 0.05) is 31.7 Å². The number of para-hydroxylation sites is 2. The second kappa shape index (κ2) is 8.58. The molecule has 8 nitrogen and oxygen atoms in total.